The fraction of sp³-hybridized carbons (Fsp3) is 0.615. The van der Waals surface area contributed by atoms with E-state index in [1.807, 2.05) is 0 Å². The van der Waals surface area contributed by atoms with Gasteiger partial charge in [0.15, 0.2) is 0 Å². The lowest BCUT2D eigenvalue weighted by Crippen LogP contribution is -2.24. The van der Waals surface area contributed by atoms with Crippen LogP contribution in [0.25, 0.3) is 0 Å². The first-order chi connectivity index (χ1) is 8.19. The molecule has 0 unspecified atom stereocenters. The van der Waals surface area contributed by atoms with Crippen molar-refractivity contribution in [1.82, 2.24) is 4.98 Å². The average Bonchev–Trinajstić information content (AvgIpc) is 2.34. The standard InChI is InChI=1S/C13H18FNO2/c1-9-2-4-12(5-3-9)17-13-10(8-16)6-11(14)7-15-13/h6-7,9,12,16H,2-5,8H2,1H3. The van der Waals surface area contributed by atoms with Crippen molar-refractivity contribution < 1.29 is 14.2 Å². The van der Waals surface area contributed by atoms with Crippen LogP contribution in [0.5, 0.6) is 5.88 Å². The van der Waals surface area contributed by atoms with Crippen molar-refractivity contribution in [3.63, 3.8) is 0 Å². The Morgan fingerprint density at radius 2 is 2.12 bits per heavy atom. The fourth-order valence-corrected chi connectivity index (χ4v) is 2.19. The van der Waals surface area contributed by atoms with Crippen LogP contribution in [0.3, 0.4) is 0 Å². The summed E-state index contributed by atoms with van der Waals surface area (Å²) < 4.78 is 18.7. The van der Waals surface area contributed by atoms with Crippen molar-refractivity contribution in [3.8, 4) is 5.88 Å². The zero-order valence-electron chi connectivity index (χ0n) is 10.0. The van der Waals surface area contributed by atoms with Gasteiger partial charge < -0.3 is 9.84 Å². The first-order valence-electron chi connectivity index (χ1n) is 6.11. The van der Waals surface area contributed by atoms with E-state index in [-0.39, 0.29) is 12.7 Å². The molecule has 1 heterocycles. The average molecular weight is 239 g/mol. The number of nitrogens with zero attached hydrogens (tertiary/aromatic N) is 1. The molecule has 1 aliphatic rings. The van der Waals surface area contributed by atoms with Gasteiger partial charge >= 0.3 is 0 Å². The molecule has 0 spiro atoms. The maximum atomic E-state index is 12.9. The number of halogens is 1. The highest BCUT2D eigenvalue weighted by Gasteiger charge is 2.21. The highest BCUT2D eigenvalue weighted by molar-refractivity contribution is 5.25. The Bertz CT molecular complexity index is 376. The Hall–Kier alpha value is -1.16. The molecule has 3 nitrogen and oxygen atoms in total. The molecule has 17 heavy (non-hydrogen) atoms. The van der Waals surface area contributed by atoms with Crippen molar-refractivity contribution in [2.45, 2.75) is 45.3 Å². The number of hydrogen-bond donors (Lipinski definition) is 1. The third-order valence-corrected chi connectivity index (χ3v) is 3.30. The summed E-state index contributed by atoms with van der Waals surface area (Å²) in [6.07, 6.45) is 5.59. The van der Waals surface area contributed by atoms with Gasteiger partial charge in [-0.25, -0.2) is 9.37 Å². The van der Waals surface area contributed by atoms with E-state index in [1.54, 1.807) is 0 Å². The SMILES string of the molecule is CC1CCC(Oc2ncc(F)cc2CO)CC1. The van der Waals surface area contributed by atoms with Crippen molar-refractivity contribution in [2.24, 2.45) is 5.92 Å². The summed E-state index contributed by atoms with van der Waals surface area (Å²) in [6, 6.07) is 1.27. The number of aliphatic hydroxyl groups excluding tert-OH is 1. The largest absolute Gasteiger partial charge is 0.474 e. The summed E-state index contributed by atoms with van der Waals surface area (Å²) in [5.41, 5.74) is 0.420. The third-order valence-electron chi connectivity index (χ3n) is 3.30. The lowest BCUT2D eigenvalue weighted by atomic mass is 9.89. The summed E-state index contributed by atoms with van der Waals surface area (Å²) in [6.45, 7) is 1.99. The quantitative estimate of drug-likeness (QED) is 0.881. The summed E-state index contributed by atoms with van der Waals surface area (Å²) in [4.78, 5) is 3.90. The molecule has 1 aromatic rings. The van der Waals surface area contributed by atoms with E-state index in [9.17, 15) is 4.39 Å². The monoisotopic (exact) mass is 239 g/mol. The van der Waals surface area contributed by atoms with Gasteiger partial charge in [0.05, 0.1) is 12.8 Å². The van der Waals surface area contributed by atoms with Gasteiger partial charge in [0, 0.05) is 5.56 Å². The van der Waals surface area contributed by atoms with Gasteiger partial charge in [0.25, 0.3) is 0 Å². The molecule has 1 aliphatic carbocycles. The van der Waals surface area contributed by atoms with E-state index in [0.717, 1.165) is 37.8 Å². The number of ether oxygens (including phenoxy) is 1. The summed E-state index contributed by atoms with van der Waals surface area (Å²) in [5.74, 6) is 0.681. The number of pyridine rings is 1. The fourth-order valence-electron chi connectivity index (χ4n) is 2.19. The normalized spacial score (nSPS) is 24.6. The molecule has 1 N–H and O–H groups in total. The Morgan fingerprint density at radius 1 is 1.41 bits per heavy atom. The van der Waals surface area contributed by atoms with Crippen LogP contribution in [0.2, 0.25) is 0 Å². The van der Waals surface area contributed by atoms with Gasteiger partial charge in [-0.3, -0.25) is 0 Å². The van der Waals surface area contributed by atoms with Gasteiger partial charge in [-0.2, -0.15) is 0 Å². The van der Waals surface area contributed by atoms with Crippen LogP contribution in [-0.2, 0) is 6.61 Å². The molecule has 2 rings (SSSR count). The molecule has 0 aliphatic heterocycles. The summed E-state index contributed by atoms with van der Waals surface area (Å²) >= 11 is 0. The van der Waals surface area contributed by atoms with Gasteiger partial charge in [-0.05, 0) is 37.7 Å². The highest BCUT2D eigenvalue weighted by atomic mass is 19.1. The minimum Gasteiger partial charge on any atom is -0.474 e. The second kappa shape index (κ2) is 5.45. The summed E-state index contributed by atoms with van der Waals surface area (Å²) in [5, 5.41) is 9.13. The van der Waals surface area contributed by atoms with Crippen molar-refractivity contribution in [1.29, 1.82) is 0 Å². The van der Waals surface area contributed by atoms with Gasteiger partial charge in [0.2, 0.25) is 5.88 Å². The minimum atomic E-state index is -0.446. The third kappa shape index (κ3) is 3.16. The summed E-state index contributed by atoms with van der Waals surface area (Å²) in [7, 11) is 0. The Labute approximate surface area is 101 Å². The van der Waals surface area contributed by atoms with Crippen molar-refractivity contribution >= 4 is 0 Å². The molecule has 0 aromatic carbocycles. The van der Waals surface area contributed by atoms with Gasteiger partial charge in [0.1, 0.15) is 11.9 Å². The zero-order valence-corrected chi connectivity index (χ0v) is 10.0. The van der Waals surface area contributed by atoms with Crippen LogP contribution in [-0.4, -0.2) is 16.2 Å². The lowest BCUT2D eigenvalue weighted by Gasteiger charge is -2.26. The van der Waals surface area contributed by atoms with Crippen LogP contribution >= 0.6 is 0 Å². The van der Waals surface area contributed by atoms with E-state index in [4.69, 9.17) is 9.84 Å². The molecule has 0 saturated heterocycles. The molecule has 0 radical (unpaired) electrons. The van der Waals surface area contributed by atoms with Crippen molar-refractivity contribution in [3.05, 3.63) is 23.6 Å². The van der Waals surface area contributed by atoms with E-state index in [0.29, 0.717) is 11.4 Å². The number of aromatic nitrogens is 1. The van der Waals surface area contributed by atoms with Gasteiger partial charge in [-0.15, -0.1) is 0 Å². The molecular formula is C13H18FNO2. The molecule has 1 saturated carbocycles. The van der Waals surface area contributed by atoms with E-state index < -0.39 is 5.82 Å². The Morgan fingerprint density at radius 3 is 2.76 bits per heavy atom. The van der Waals surface area contributed by atoms with Crippen LogP contribution in [0.4, 0.5) is 4.39 Å². The predicted molar refractivity (Wildman–Crippen MR) is 62.2 cm³/mol. The number of hydrogen-bond acceptors (Lipinski definition) is 3. The molecule has 0 atom stereocenters. The van der Waals surface area contributed by atoms with Crippen LogP contribution < -0.4 is 4.74 Å². The number of rotatable bonds is 3. The maximum absolute atomic E-state index is 12.9. The molecule has 0 bridgehead atoms. The number of aliphatic hydroxyl groups is 1. The van der Waals surface area contributed by atoms with E-state index in [1.165, 1.54) is 6.07 Å². The maximum Gasteiger partial charge on any atom is 0.219 e. The predicted octanol–water partition coefficient (Wildman–Crippen LogP) is 2.67. The molecule has 0 amide bonds. The van der Waals surface area contributed by atoms with E-state index in [2.05, 4.69) is 11.9 Å². The Kier molecular flexibility index (Phi) is 3.94. The van der Waals surface area contributed by atoms with E-state index >= 15 is 0 Å². The first-order valence-corrected chi connectivity index (χ1v) is 6.11. The van der Waals surface area contributed by atoms with Crippen molar-refractivity contribution in [2.75, 3.05) is 0 Å². The second-order valence-corrected chi connectivity index (χ2v) is 4.78. The smallest absolute Gasteiger partial charge is 0.219 e. The van der Waals surface area contributed by atoms with Crippen LogP contribution in [0.1, 0.15) is 38.2 Å². The van der Waals surface area contributed by atoms with Crippen LogP contribution in [0.15, 0.2) is 12.3 Å². The topological polar surface area (TPSA) is 42.4 Å². The molecule has 94 valence electrons. The molecule has 1 fully saturated rings. The van der Waals surface area contributed by atoms with Crippen LogP contribution in [0, 0.1) is 11.7 Å². The first kappa shape index (κ1) is 12.3. The van der Waals surface area contributed by atoms with Gasteiger partial charge in [-0.1, -0.05) is 6.92 Å². The molecule has 1 aromatic heterocycles. The molecular weight excluding hydrogens is 221 g/mol. The highest BCUT2D eigenvalue weighted by Crippen LogP contribution is 2.27. The minimum absolute atomic E-state index is 0.148. The lowest BCUT2D eigenvalue weighted by molar-refractivity contribution is 0.125. The second-order valence-electron chi connectivity index (χ2n) is 4.78. The molecule has 4 heteroatoms. The Balaban J connectivity index is 2.03. The zero-order chi connectivity index (χ0) is 12.3.